The molecular weight excluding hydrogens is 585 g/mol. The summed E-state index contributed by atoms with van der Waals surface area (Å²) in [6.07, 6.45) is 0.304. The molecule has 1 heterocycles. The van der Waals surface area contributed by atoms with Crippen molar-refractivity contribution in [2.75, 3.05) is 11.9 Å². The summed E-state index contributed by atoms with van der Waals surface area (Å²) in [5.74, 6) is -1.15. The second kappa shape index (κ2) is 11.9. The van der Waals surface area contributed by atoms with Gasteiger partial charge in [-0.3, -0.25) is 19.0 Å². The monoisotopic (exact) mass is 605 g/mol. The lowest BCUT2D eigenvalue weighted by molar-refractivity contribution is -0.137. The number of ether oxygens (including phenoxy) is 1. The molecule has 4 rings (SSSR count). The zero-order chi connectivity index (χ0) is 29.0. The lowest BCUT2D eigenvalue weighted by Crippen LogP contribution is -2.45. The first kappa shape index (κ1) is 28.9. The van der Waals surface area contributed by atoms with Gasteiger partial charge in [-0.25, -0.2) is 13.2 Å². The molecule has 0 aliphatic heterocycles. The van der Waals surface area contributed by atoms with E-state index in [1.54, 1.807) is 12.1 Å². The Morgan fingerprint density at radius 1 is 0.925 bits per heavy atom. The number of fused-ring (bicyclic) bond motifs is 1. The molecule has 0 unspecified atom stereocenters. The highest BCUT2D eigenvalue weighted by Crippen LogP contribution is 2.20. The van der Waals surface area contributed by atoms with Crippen molar-refractivity contribution >= 4 is 61.7 Å². The van der Waals surface area contributed by atoms with E-state index in [0.717, 1.165) is 16.7 Å². The minimum atomic E-state index is -4.65. The maximum Gasteiger partial charge on any atom is 0.346 e. The number of rotatable bonds is 10. The van der Waals surface area contributed by atoms with Gasteiger partial charge in [0.15, 0.2) is 0 Å². The summed E-state index contributed by atoms with van der Waals surface area (Å²) in [5, 5.41) is 11.6. The number of carbonyl (C=O) groups is 2. The number of benzene rings is 3. The molecule has 0 radical (unpaired) electrons. The molecule has 0 fully saturated rings. The van der Waals surface area contributed by atoms with Crippen LogP contribution in [0.1, 0.15) is 12.8 Å². The highest BCUT2D eigenvalue weighted by Gasteiger charge is 2.26. The molecule has 0 saturated carbocycles. The van der Waals surface area contributed by atoms with Crippen LogP contribution in [-0.4, -0.2) is 40.5 Å². The maximum atomic E-state index is 13.4. The number of nitrogens with zero attached hydrogens (tertiary/aromatic N) is 2. The van der Waals surface area contributed by atoms with Gasteiger partial charge in [0.25, 0.3) is 15.6 Å². The van der Waals surface area contributed by atoms with Crippen molar-refractivity contribution in [3.05, 3.63) is 97.6 Å². The van der Waals surface area contributed by atoms with Crippen molar-refractivity contribution < 1.29 is 27.9 Å². The normalized spacial score (nSPS) is 11.3. The number of amides is 1. The average molecular weight is 606 g/mol. The van der Waals surface area contributed by atoms with Gasteiger partial charge in [0.05, 0.1) is 22.4 Å². The molecule has 1 amide bonds. The molecule has 0 aliphatic rings. The smallest absolute Gasteiger partial charge is 0.346 e. The second-order valence-corrected chi connectivity index (χ2v) is 11.1. The zero-order valence-electron chi connectivity index (χ0n) is 20.5. The van der Waals surface area contributed by atoms with E-state index in [-0.39, 0.29) is 42.8 Å². The number of carboxylic acids is 1. The first-order chi connectivity index (χ1) is 19.0. The molecule has 3 aromatic carbocycles. The van der Waals surface area contributed by atoms with Crippen LogP contribution in [0.5, 0.6) is 5.75 Å². The molecule has 0 spiro atoms. The molecule has 0 bridgehead atoms. The third-order valence-corrected chi connectivity index (χ3v) is 7.82. The van der Waals surface area contributed by atoms with Crippen LogP contribution >= 0.6 is 23.2 Å². The highest BCUT2D eigenvalue weighted by molar-refractivity contribution is 7.90. The fourth-order valence-electron chi connectivity index (χ4n) is 3.79. The van der Waals surface area contributed by atoms with Crippen LogP contribution in [0.2, 0.25) is 10.0 Å². The average Bonchev–Trinajstić information content (AvgIpc) is 2.90. The van der Waals surface area contributed by atoms with Crippen molar-refractivity contribution in [1.29, 1.82) is 0 Å². The molecule has 0 atom stereocenters. The van der Waals surface area contributed by atoms with Gasteiger partial charge < -0.3 is 15.2 Å². The molecule has 40 heavy (non-hydrogen) atoms. The van der Waals surface area contributed by atoms with Gasteiger partial charge in [-0.1, -0.05) is 23.2 Å². The largest absolute Gasteiger partial charge is 0.494 e. The zero-order valence-corrected chi connectivity index (χ0v) is 22.9. The van der Waals surface area contributed by atoms with E-state index in [1.807, 2.05) is 0 Å². The van der Waals surface area contributed by atoms with E-state index in [2.05, 4.69) is 5.32 Å². The number of hydrogen-bond donors (Lipinski definition) is 2. The van der Waals surface area contributed by atoms with E-state index < -0.39 is 39.7 Å². The number of nitrogens with one attached hydrogen (secondary N) is 1. The van der Waals surface area contributed by atoms with Crippen LogP contribution in [0.4, 0.5) is 5.69 Å². The van der Waals surface area contributed by atoms with Gasteiger partial charge in [-0.05, 0) is 73.2 Å². The summed E-state index contributed by atoms with van der Waals surface area (Å²) in [7, 11) is -4.65. The predicted octanol–water partition coefficient (Wildman–Crippen LogP) is 3.59. The number of halogens is 2. The summed E-state index contributed by atoms with van der Waals surface area (Å²) in [5.41, 5.74) is -2.03. The van der Waals surface area contributed by atoms with Gasteiger partial charge in [-0.2, -0.15) is 0 Å². The quantitative estimate of drug-likeness (QED) is 0.260. The van der Waals surface area contributed by atoms with Crippen LogP contribution in [0.3, 0.4) is 0 Å². The standard InChI is InChI=1S/C26H21Cl2N3O8S/c27-16-3-10-20(11-4-16)40(37,38)31-25(35)21-12-5-17(28)14-22(21)30(26(31)36)15-23(32)29-18-6-8-19(9-7-18)39-13-1-2-24(33)34/h3-12,14H,1-2,13,15H2,(H,29,32)(H,33,34). The number of carboxylic acid groups (broad SMARTS) is 1. The lowest BCUT2D eigenvalue weighted by atomic mass is 10.2. The van der Waals surface area contributed by atoms with E-state index in [1.165, 1.54) is 42.5 Å². The first-order valence-corrected chi connectivity index (χ1v) is 13.9. The number of aromatic nitrogens is 2. The fraction of sp³-hybridized carbons (Fsp3) is 0.154. The van der Waals surface area contributed by atoms with Crippen molar-refractivity contribution in [3.63, 3.8) is 0 Å². The number of hydrogen-bond acceptors (Lipinski definition) is 7. The first-order valence-electron chi connectivity index (χ1n) is 11.7. The van der Waals surface area contributed by atoms with Gasteiger partial charge in [0.1, 0.15) is 12.3 Å². The summed E-state index contributed by atoms with van der Waals surface area (Å²) < 4.78 is 33.1. The van der Waals surface area contributed by atoms with E-state index in [4.69, 9.17) is 33.0 Å². The molecule has 11 nitrogen and oxygen atoms in total. The summed E-state index contributed by atoms with van der Waals surface area (Å²) >= 11 is 11.9. The molecule has 4 aromatic rings. The fourth-order valence-corrected chi connectivity index (χ4v) is 5.39. The van der Waals surface area contributed by atoms with Gasteiger partial charge in [0.2, 0.25) is 5.91 Å². The number of aliphatic carboxylic acids is 1. The Hall–Kier alpha value is -4.13. The Morgan fingerprint density at radius 3 is 2.23 bits per heavy atom. The minimum absolute atomic E-state index is 0.0229. The summed E-state index contributed by atoms with van der Waals surface area (Å²) in [4.78, 5) is 49.8. The molecule has 14 heteroatoms. The van der Waals surface area contributed by atoms with E-state index >= 15 is 0 Å². The van der Waals surface area contributed by atoms with Gasteiger partial charge in [-0.15, -0.1) is 3.97 Å². The molecule has 1 aromatic heterocycles. The van der Waals surface area contributed by atoms with E-state index in [9.17, 15) is 27.6 Å². The van der Waals surface area contributed by atoms with Gasteiger partial charge in [0, 0.05) is 22.2 Å². The lowest BCUT2D eigenvalue weighted by Gasteiger charge is -2.15. The van der Waals surface area contributed by atoms with E-state index in [0.29, 0.717) is 17.9 Å². The van der Waals surface area contributed by atoms with Crippen LogP contribution in [0.25, 0.3) is 10.9 Å². The number of carbonyl (C=O) groups excluding carboxylic acids is 1. The molecular formula is C26H21Cl2N3O8S. The Morgan fingerprint density at radius 2 is 1.57 bits per heavy atom. The van der Waals surface area contributed by atoms with Crippen molar-refractivity contribution in [2.45, 2.75) is 24.3 Å². The van der Waals surface area contributed by atoms with Crippen LogP contribution in [0, 0.1) is 0 Å². The van der Waals surface area contributed by atoms with Crippen molar-refractivity contribution in [2.24, 2.45) is 0 Å². The summed E-state index contributed by atoms with van der Waals surface area (Å²) in [6, 6.07) is 15.1. The Bertz CT molecular complexity index is 1820. The molecule has 2 N–H and O–H groups in total. The second-order valence-electron chi connectivity index (χ2n) is 8.48. The Balaban J connectivity index is 1.65. The predicted molar refractivity (Wildman–Crippen MR) is 149 cm³/mol. The van der Waals surface area contributed by atoms with Gasteiger partial charge >= 0.3 is 11.7 Å². The third-order valence-electron chi connectivity index (χ3n) is 5.67. The topological polar surface area (TPSA) is 154 Å². The minimum Gasteiger partial charge on any atom is -0.494 e. The molecule has 0 saturated heterocycles. The highest BCUT2D eigenvalue weighted by atomic mass is 35.5. The third kappa shape index (κ3) is 6.36. The number of anilines is 1. The van der Waals surface area contributed by atoms with Crippen LogP contribution in [-0.2, 0) is 26.2 Å². The van der Waals surface area contributed by atoms with Crippen molar-refractivity contribution in [1.82, 2.24) is 8.54 Å². The van der Waals surface area contributed by atoms with Crippen LogP contribution < -0.4 is 21.3 Å². The SMILES string of the molecule is O=C(O)CCCOc1ccc(NC(=O)Cn2c(=O)n(S(=O)(=O)c3ccc(Cl)cc3)c(=O)c3ccc(Cl)cc32)cc1. The summed E-state index contributed by atoms with van der Waals surface area (Å²) in [6.45, 7) is -0.440. The van der Waals surface area contributed by atoms with Crippen LogP contribution in [0.15, 0.2) is 81.2 Å². The Kier molecular flexibility index (Phi) is 8.62. The molecule has 208 valence electrons. The van der Waals surface area contributed by atoms with Crippen molar-refractivity contribution in [3.8, 4) is 5.75 Å². The Labute approximate surface area is 237 Å². The molecule has 0 aliphatic carbocycles. The maximum absolute atomic E-state index is 13.4.